The molecule has 0 amide bonds. The van der Waals surface area contributed by atoms with Crippen LogP contribution in [0.2, 0.25) is 0 Å². The van der Waals surface area contributed by atoms with Gasteiger partial charge in [-0.3, -0.25) is 0 Å². The molecule has 3 fully saturated rings. The molecule has 0 aromatic heterocycles. The molecule has 0 spiro atoms. The van der Waals surface area contributed by atoms with Crippen molar-refractivity contribution in [3.8, 4) is 0 Å². The van der Waals surface area contributed by atoms with E-state index in [1.54, 1.807) is 0 Å². The van der Waals surface area contributed by atoms with Crippen LogP contribution in [0.5, 0.6) is 0 Å². The number of aliphatic hydroxyl groups is 4. The van der Waals surface area contributed by atoms with Gasteiger partial charge < -0.3 is 48.8 Å². The quantitative estimate of drug-likeness (QED) is 0.185. The van der Waals surface area contributed by atoms with Crippen molar-refractivity contribution < 1.29 is 48.8 Å². The van der Waals surface area contributed by atoms with Crippen LogP contribution in [0.15, 0.2) is 0 Å². The number of ether oxygens (including phenoxy) is 6. The standard InChI is InChI=1S/C15H26O10/c16-1-11(17)12(18)13(19)14(23-5-8-2-20-8)15(24-6-9-3-21-9)25-7-10-4-22-10/h8-19H,1-7H2/t8?,9?,10?,11-,12-,13+,14-,15?/m1/s1. The van der Waals surface area contributed by atoms with E-state index < -0.39 is 37.3 Å². The van der Waals surface area contributed by atoms with Crippen LogP contribution in [0.1, 0.15) is 0 Å². The smallest absolute Gasteiger partial charge is 0.186 e. The Hall–Kier alpha value is -0.400. The minimum Gasteiger partial charge on any atom is -0.394 e. The van der Waals surface area contributed by atoms with E-state index in [1.165, 1.54) is 0 Å². The highest BCUT2D eigenvalue weighted by molar-refractivity contribution is 4.86. The first-order chi connectivity index (χ1) is 12.1. The summed E-state index contributed by atoms with van der Waals surface area (Å²) in [5, 5.41) is 39.1. The van der Waals surface area contributed by atoms with Crippen LogP contribution in [0.3, 0.4) is 0 Å². The Kier molecular flexibility index (Phi) is 6.97. The van der Waals surface area contributed by atoms with Gasteiger partial charge in [0.1, 0.15) is 42.7 Å². The molecular formula is C15H26O10. The molecule has 25 heavy (non-hydrogen) atoms. The SMILES string of the molecule is OC[C@@H](O)[C@@H](O)[C@H](O)[C@@H](OCC1CO1)C(OCC1CO1)OCC1CO1. The average molecular weight is 366 g/mol. The lowest BCUT2D eigenvalue weighted by atomic mass is 10.0. The molecule has 3 aliphatic heterocycles. The van der Waals surface area contributed by atoms with E-state index in [1.807, 2.05) is 0 Å². The van der Waals surface area contributed by atoms with Gasteiger partial charge in [-0.2, -0.15) is 0 Å². The molecule has 0 radical (unpaired) electrons. The summed E-state index contributed by atoms with van der Waals surface area (Å²) < 4.78 is 32.3. The zero-order valence-electron chi connectivity index (χ0n) is 13.8. The van der Waals surface area contributed by atoms with Crippen LogP contribution < -0.4 is 0 Å². The summed E-state index contributed by atoms with van der Waals surface area (Å²) in [6, 6.07) is 0. The maximum Gasteiger partial charge on any atom is 0.186 e. The molecule has 0 bridgehead atoms. The largest absolute Gasteiger partial charge is 0.394 e. The van der Waals surface area contributed by atoms with Crippen LogP contribution in [-0.2, 0) is 28.4 Å². The molecule has 0 saturated carbocycles. The van der Waals surface area contributed by atoms with Gasteiger partial charge in [-0.05, 0) is 0 Å². The molecule has 0 aromatic rings. The number of epoxide rings is 3. The number of aliphatic hydroxyl groups excluding tert-OH is 4. The molecule has 146 valence electrons. The Bertz CT molecular complexity index is 382. The van der Waals surface area contributed by atoms with E-state index in [-0.39, 0.29) is 38.1 Å². The summed E-state index contributed by atoms with van der Waals surface area (Å²) in [5.74, 6) is 0. The molecule has 3 saturated heterocycles. The van der Waals surface area contributed by atoms with Crippen LogP contribution in [0.4, 0.5) is 0 Å². The Morgan fingerprint density at radius 1 is 0.760 bits per heavy atom. The molecule has 3 heterocycles. The summed E-state index contributed by atoms with van der Waals surface area (Å²) >= 11 is 0. The van der Waals surface area contributed by atoms with Gasteiger partial charge in [0.15, 0.2) is 6.29 Å². The summed E-state index contributed by atoms with van der Waals surface area (Å²) in [4.78, 5) is 0. The van der Waals surface area contributed by atoms with Crippen LogP contribution in [0.25, 0.3) is 0 Å². The van der Waals surface area contributed by atoms with Crippen molar-refractivity contribution in [3.63, 3.8) is 0 Å². The second-order valence-corrected chi connectivity index (χ2v) is 6.43. The predicted octanol–water partition coefficient (Wildman–Crippen LogP) is -3.00. The van der Waals surface area contributed by atoms with Crippen LogP contribution in [-0.4, -0.2) is 116 Å². The van der Waals surface area contributed by atoms with Crippen LogP contribution in [0, 0.1) is 0 Å². The Morgan fingerprint density at radius 2 is 1.20 bits per heavy atom. The van der Waals surface area contributed by atoms with Gasteiger partial charge in [-0.25, -0.2) is 0 Å². The molecule has 7 atom stereocenters. The van der Waals surface area contributed by atoms with Crippen molar-refractivity contribution in [1.29, 1.82) is 0 Å². The van der Waals surface area contributed by atoms with Crippen molar-refractivity contribution in [2.45, 2.75) is 49.0 Å². The maximum atomic E-state index is 10.4. The molecule has 10 heteroatoms. The fourth-order valence-corrected chi connectivity index (χ4v) is 2.22. The van der Waals surface area contributed by atoms with Crippen molar-refractivity contribution in [3.05, 3.63) is 0 Å². The molecule has 3 rings (SSSR count). The van der Waals surface area contributed by atoms with Crippen molar-refractivity contribution >= 4 is 0 Å². The first-order valence-electron chi connectivity index (χ1n) is 8.43. The highest BCUT2D eigenvalue weighted by atomic mass is 16.7. The van der Waals surface area contributed by atoms with Crippen molar-refractivity contribution in [2.24, 2.45) is 0 Å². The average Bonchev–Trinajstić information content (AvgIpc) is 3.48. The van der Waals surface area contributed by atoms with E-state index in [9.17, 15) is 15.3 Å². The molecular weight excluding hydrogens is 340 g/mol. The highest BCUT2D eigenvalue weighted by Gasteiger charge is 2.41. The topological polar surface area (TPSA) is 146 Å². The van der Waals surface area contributed by atoms with Crippen LogP contribution >= 0.6 is 0 Å². The minimum absolute atomic E-state index is 0.0270. The van der Waals surface area contributed by atoms with Crippen molar-refractivity contribution in [1.82, 2.24) is 0 Å². The lowest BCUT2D eigenvalue weighted by Crippen LogP contribution is -2.53. The third-order valence-electron chi connectivity index (χ3n) is 4.11. The van der Waals surface area contributed by atoms with E-state index in [0.717, 1.165) is 0 Å². The van der Waals surface area contributed by atoms with Crippen molar-refractivity contribution in [2.75, 3.05) is 46.2 Å². The summed E-state index contributed by atoms with van der Waals surface area (Å²) in [7, 11) is 0. The molecule has 0 aromatic carbocycles. The lowest BCUT2D eigenvalue weighted by Gasteiger charge is -2.33. The van der Waals surface area contributed by atoms with Gasteiger partial charge in [0, 0.05) is 0 Å². The third kappa shape index (κ3) is 6.36. The molecule has 3 aliphatic rings. The van der Waals surface area contributed by atoms with Gasteiger partial charge >= 0.3 is 0 Å². The predicted molar refractivity (Wildman–Crippen MR) is 79.8 cm³/mol. The van der Waals surface area contributed by atoms with Gasteiger partial charge in [0.05, 0.1) is 46.2 Å². The summed E-state index contributed by atoms with van der Waals surface area (Å²) in [6.07, 6.45) is -6.89. The molecule has 0 aliphatic carbocycles. The third-order valence-corrected chi connectivity index (χ3v) is 4.11. The van der Waals surface area contributed by atoms with Gasteiger partial charge in [0.25, 0.3) is 0 Å². The second kappa shape index (κ2) is 9.00. The summed E-state index contributed by atoms with van der Waals surface area (Å²) in [6.45, 7) is 1.73. The fraction of sp³-hybridized carbons (Fsp3) is 1.00. The zero-order chi connectivity index (χ0) is 17.8. The van der Waals surface area contributed by atoms with Gasteiger partial charge in [-0.1, -0.05) is 0 Å². The number of hydrogen-bond acceptors (Lipinski definition) is 10. The normalized spacial score (nSPS) is 33.4. The maximum absolute atomic E-state index is 10.4. The first-order valence-corrected chi connectivity index (χ1v) is 8.43. The van der Waals surface area contributed by atoms with E-state index in [4.69, 9.17) is 33.5 Å². The first kappa shape index (κ1) is 19.4. The highest BCUT2D eigenvalue weighted by Crippen LogP contribution is 2.22. The number of hydrogen-bond donors (Lipinski definition) is 4. The van der Waals surface area contributed by atoms with Gasteiger partial charge in [-0.15, -0.1) is 0 Å². The van der Waals surface area contributed by atoms with E-state index in [0.29, 0.717) is 19.8 Å². The monoisotopic (exact) mass is 366 g/mol. The van der Waals surface area contributed by atoms with E-state index in [2.05, 4.69) is 0 Å². The molecule has 10 nitrogen and oxygen atoms in total. The second-order valence-electron chi connectivity index (χ2n) is 6.43. The Labute approximate surface area is 145 Å². The van der Waals surface area contributed by atoms with Gasteiger partial charge in [0.2, 0.25) is 0 Å². The minimum atomic E-state index is -1.63. The molecule has 4 N–H and O–H groups in total. The zero-order valence-corrected chi connectivity index (χ0v) is 13.8. The van der Waals surface area contributed by atoms with E-state index >= 15 is 0 Å². The fourth-order valence-electron chi connectivity index (χ4n) is 2.22. The Balaban J connectivity index is 1.61. The number of rotatable bonds is 14. The molecule has 3 unspecified atom stereocenters. The summed E-state index contributed by atoms with van der Waals surface area (Å²) in [5.41, 5.74) is 0. The Morgan fingerprint density at radius 3 is 1.60 bits per heavy atom. The lowest BCUT2D eigenvalue weighted by molar-refractivity contribution is -0.248.